The second kappa shape index (κ2) is 5.47. The molecule has 1 aromatic heterocycles. The summed E-state index contributed by atoms with van der Waals surface area (Å²) in [7, 11) is 0. The molecule has 20 heavy (non-hydrogen) atoms. The van der Waals surface area contributed by atoms with Gasteiger partial charge in [0, 0.05) is 33.2 Å². The van der Waals surface area contributed by atoms with Crippen LogP contribution in [0.1, 0.15) is 35.4 Å². The first-order chi connectivity index (χ1) is 9.54. The average Bonchev–Trinajstić information content (AvgIpc) is 2.39. The summed E-state index contributed by atoms with van der Waals surface area (Å²) in [6.07, 6.45) is 2.38. The largest absolute Gasteiger partial charge is 0.484 e. The molecule has 0 bridgehead atoms. The van der Waals surface area contributed by atoms with Crippen LogP contribution in [0.2, 0.25) is 0 Å². The summed E-state index contributed by atoms with van der Waals surface area (Å²) in [5.41, 5.74) is 9.45. The molecule has 0 radical (unpaired) electrons. The average molecular weight is 398 g/mol. The lowest BCUT2D eigenvalue weighted by Crippen LogP contribution is -2.25. The molecule has 2 atom stereocenters. The van der Waals surface area contributed by atoms with Crippen LogP contribution in [0, 0.1) is 6.92 Å². The van der Waals surface area contributed by atoms with Gasteiger partial charge in [0.2, 0.25) is 0 Å². The molecule has 3 rings (SSSR count). The van der Waals surface area contributed by atoms with Gasteiger partial charge < -0.3 is 10.5 Å². The van der Waals surface area contributed by atoms with Crippen molar-refractivity contribution < 1.29 is 4.74 Å². The zero-order chi connectivity index (χ0) is 14.3. The van der Waals surface area contributed by atoms with Crippen molar-refractivity contribution in [3.63, 3.8) is 0 Å². The van der Waals surface area contributed by atoms with E-state index >= 15 is 0 Å². The van der Waals surface area contributed by atoms with E-state index in [1.54, 1.807) is 6.20 Å². The van der Waals surface area contributed by atoms with Crippen molar-refractivity contribution in [3.8, 4) is 5.75 Å². The Morgan fingerprint density at radius 2 is 2.10 bits per heavy atom. The van der Waals surface area contributed by atoms with E-state index in [1.165, 1.54) is 5.56 Å². The van der Waals surface area contributed by atoms with Gasteiger partial charge in [-0.3, -0.25) is 4.98 Å². The van der Waals surface area contributed by atoms with Crippen LogP contribution in [0.4, 0.5) is 0 Å². The quantitative estimate of drug-likeness (QED) is 0.773. The van der Waals surface area contributed by atoms with E-state index in [-0.39, 0.29) is 12.1 Å². The topological polar surface area (TPSA) is 48.1 Å². The van der Waals surface area contributed by atoms with Crippen molar-refractivity contribution in [2.45, 2.75) is 25.5 Å². The standard InChI is InChI=1S/C15H14Br2N2O/c1-8-2-3-13-10(4-8)12(18)6-14(20-13)15-11(17)5-9(16)7-19-15/h2-5,7,12,14H,6,18H2,1H3/t12-,14?/m0/s1. The molecule has 0 saturated heterocycles. The molecule has 1 aliphatic heterocycles. The second-order valence-electron chi connectivity index (χ2n) is 5.01. The monoisotopic (exact) mass is 396 g/mol. The molecule has 2 heterocycles. The van der Waals surface area contributed by atoms with E-state index in [1.807, 2.05) is 18.2 Å². The molecular formula is C15H14Br2N2O. The summed E-state index contributed by atoms with van der Waals surface area (Å²) in [6, 6.07) is 8.07. The predicted molar refractivity (Wildman–Crippen MR) is 85.7 cm³/mol. The van der Waals surface area contributed by atoms with E-state index in [2.05, 4.69) is 49.8 Å². The molecule has 5 heteroatoms. The van der Waals surface area contributed by atoms with Crippen molar-refractivity contribution in [2.75, 3.05) is 0 Å². The van der Waals surface area contributed by atoms with Gasteiger partial charge in [-0.15, -0.1) is 0 Å². The van der Waals surface area contributed by atoms with Crippen LogP contribution >= 0.6 is 31.9 Å². The van der Waals surface area contributed by atoms with Crippen LogP contribution in [0.25, 0.3) is 0 Å². The molecule has 1 unspecified atom stereocenters. The van der Waals surface area contributed by atoms with Gasteiger partial charge in [-0.1, -0.05) is 17.7 Å². The Labute approximate surface area is 134 Å². The van der Waals surface area contributed by atoms with Gasteiger partial charge in [0.25, 0.3) is 0 Å². The molecule has 0 amide bonds. The minimum absolute atomic E-state index is 0.0269. The Kier molecular flexibility index (Phi) is 3.84. The van der Waals surface area contributed by atoms with Crippen LogP contribution < -0.4 is 10.5 Å². The Bertz CT molecular complexity index is 660. The van der Waals surface area contributed by atoms with Crippen LogP contribution in [0.3, 0.4) is 0 Å². The smallest absolute Gasteiger partial charge is 0.143 e. The first kappa shape index (κ1) is 14.0. The lowest BCUT2D eigenvalue weighted by atomic mass is 9.94. The van der Waals surface area contributed by atoms with E-state index in [0.717, 1.165) is 32.4 Å². The molecule has 2 aromatic rings. The fourth-order valence-corrected chi connectivity index (χ4v) is 3.70. The minimum atomic E-state index is -0.123. The van der Waals surface area contributed by atoms with E-state index < -0.39 is 0 Å². The normalized spacial score (nSPS) is 21.2. The van der Waals surface area contributed by atoms with E-state index in [9.17, 15) is 0 Å². The van der Waals surface area contributed by atoms with Crippen molar-refractivity contribution in [1.29, 1.82) is 0 Å². The molecule has 104 valence electrons. The SMILES string of the molecule is Cc1ccc2c(c1)[C@@H](N)CC(c1ncc(Br)cc1Br)O2. The highest BCUT2D eigenvalue weighted by Crippen LogP contribution is 2.41. The van der Waals surface area contributed by atoms with Gasteiger partial charge in [0.05, 0.1) is 5.69 Å². The van der Waals surface area contributed by atoms with Gasteiger partial charge >= 0.3 is 0 Å². The number of nitrogens with two attached hydrogens (primary N) is 1. The Morgan fingerprint density at radius 3 is 2.85 bits per heavy atom. The summed E-state index contributed by atoms with van der Waals surface area (Å²) >= 11 is 6.95. The predicted octanol–water partition coefficient (Wildman–Crippen LogP) is 4.44. The molecule has 2 N–H and O–H groups in total. The third kappa shape index (κ3) is 2.62. The Morgan fingerprint density at radius 1 is 1.30 bits per heavy atom. The third-order valence-corrected chi connectivity index (χ3v) is 4.51. The van der Waals surface area contributed by atoms with Crippen molar-refractivity contribution in [3.05, 3.63) is 56.2 Å². The zero-order valence-corrected chi connectivity index (χ0v) is 14.1. The number of ether oxygens (including phenoxy) is 1. The van der Waals surface area contributed by atoms with Crippen LogP contribution in [-0.2, 0) is 0 Å². The number of fused-ring (bicyclic) bond motifs is 1. The van der Waals surface area contributed by atoms with E-state index in [0.29, 0.717) is 0 Å². The van der Waals surface area contributed by atoms with Crippen molar-refractivity contribution in [1.82, 2.24) is 4.98 Å². The van der Waals surface area contributed by atoms with Gasteiger partial charge in [-0.25, -0.2) is 0 Å². The number of hydrogen-bond donors (Lipinski definition) is 1. The number of hydrogen-bond acceptors (Lipinski definition) is 3. The highest BCUT2D eigenvalue weighted by molar-refractivity contribution is 9.11. The molecule has 3 nitrogen and oxygen atoms in total. The van der Waals surface area contributed by atoms with E-state index in [4.69, 9.17) is 10.5 Å². The fourth-order valence-electron chi connectivity index (χ4n) is 2.45. The lowest BCUT2D eigenvalue weighted by Gasteiger charge is -2.30. The van der Waals surface area contributed by atoms with Crippen LogP contribution in [0.15, 0.2) is 39.4 Å². The number of halogens is 2. The molecule has 0 aliphatic carbocycles. The maximum atomic E-state index is 6.29. The highest BCUT2D eigenvalue weighted by Gasteiger charge is 2.29. The number of rotatable bonds is 1. The molecule has 0 spiro atoms. The van der Waals surface area contributed by atoms with Gasteiger partial charge in [0.15, 0.2) is 0 Å². The van der Waals surface area contributed by atoms with Crippen LogP contribution in [0.5, 0.6) is 5.75 Å². The summed E-state index contributed by atoms with van der Waals surface area (Å²) in [6.45, 7) is 2.06. The summed E-state index contributed by atoms with van der Waals surface area (Å²) in [5.74, 6) is 0.857. The van der Waals surface area contributed by atoms with Crippen molar-refractivity contribution >= 4 is 31.9 Å². The van der Waals surface area contributed by atoms with Gasteiger partial charge in [-0.05, 0) is 50.9 Å². The highest BCUT2D eigenvalue weighted by atomic mass is 79.9. The fraction of sp³-hybridized carbons (Fsp3) is 0.267. The van der Waals surface area contributed by atoms with Gasteiger partial charge in [0.1, 0.15) is 11.9 Å². The molecule has 0 fully saturated rings. The molecular weight excluding hydrogens is 384 g/mol. The van der Waals surface area contributed by atoms with Crippen LogP contribution in [-0.4, -0.2) is 4.98 Å². The molecule has 0 saturated carbocycles. The third-order valence-electron chi connectivity index (χ3n) is 3.44. The first-order valence-corrected chi connectivity index (χ1v) is 7.97. The maximum Gasteiger partial charge on any atom is 0.143 e. The summed E-state index contributed by atoms with van der Waals surface area (Å²) in [4.78, 5) is 4.45. The Balaban J connectivity index is 1.97. The first-order valence-electron chi connectivity index (χ1n) is 6.38. The second-order valence-corrected chi connectivity index (χ2v) is 6.78. The zero-order valence-electron chi connectivity index (χ0n) is 10.9. The van der Waals surface area contributed by atoms with Crippen molar-refractivity contribution in [2.24, 2.45) is 5.73 Å². The number of aryl methyl sites for hydroxylation is 1. The maximum absolute atomic E-state index is 6.29. The lowest BCUT2D eigenvalue weighted by molar-refractivity contribution is 0.156. The molecule has 1 aliphatic rings. The Hall–Kier alpha value is -0.910. The number of pyridine rings is 1. The number of aromatic nitrogens is 1. The summed E-state index contributed by atoms with van der Waals surface area (Å²) in [5, 5.41) is 0. The van der Waals surface area contributed by atoms with Gasteiger partial charge in [-0.2, -0.15) is 0 Å². The minimum Gasteiger partial charge on any atom is -0.484 e. The number of nitrogens with zero attached hydrogens (tertiary/aromatic N) is 1. The molecule has 1 aromatic carbocycles. The summed E-state index contributed by atoms with van der Waals surface area (Å²) < 4.78 is 7.94. The number of benzene rings is 1.